The lowest BCUT2D eigenvalue weighted by Crippen LogP contribution is -2.25. The molecule has 5 nitrogen and oxygen atoms in total. The molecule has 20 heavy (non-hydrogen) atoms. The van der Waals surface area contributed by atoms with E-state index in [9.17, 15) is 26.4 Å². The number of carbonyl (C=O) groups is 1. The summed E-state index contributed by atoms with van der Waals surface area (Å²) >= 11 is 0. The van der Waals surface area contributed by atoms with Gasteiger partial charge >= 0.3 is 21.6 Å². The van der Waals surface area contributed by atoms with Gasteiger partial charge in [0.15, 0.2) is 12.4 Å². The molecule has 1 aliphatic heterocycles. The van der Waals surface area contributed by atoms with Crippen LogP contribution in [0.3, 0.4) is 0 Å². The van der Waals surface area contributed by atoms with Gasteiger partial charge in [-0.1, -0.05) is 0 Å². The number of alkyl halides is 3. The van der Waals surface area contributed by atoms with Crippen LogP contribution in [0.5, 0.6) is 0 Å². The Morgan fingerprint density at radius 1 is 1.35 bits per heavy atom. The van der Waals surface area contributed by atoms with Crippen molar-refractivity contribution in [3.8, 4) is 12.3 Å². The van der Waals surface area contributed by atoms with Crippen LogP contribution >= 0.6 is 0 Å². The molecule has 0 aromatic heterocycles. The Morgan fingerprint density at radius 2 is 2.00 bits per heavy atom. The minimum atomic E-state index is -5.80. The van der Waals surface area contributed by atoms with Crippen molar-refractivity contribution >= 4 is 16.1 Å². The number of unbranched alkanes of at least 4 members (excludes halogenated alkanes) is 2. The molecule has 0 aliphatic carbocycles. The first-order valence-corrected chi connectivity index (χ1v) is 6.93. The first-order chi connectivity index (χ1) is 9.19. The number of rotatable bonds is 6. The third kappa shape index (κ3) is 3.90. The number of halogens is 3. The van der Waals surface area contributed by atoms with E-state index in [4.69, 9.17) is 6.42 Å². The molecule has 1 heterocycles. The molecule has 0 bridgehead atoms. The molecule has 0 saturated heterocycles. The highest BCUT2D eigenvalue weighted by Gasteiger charge is 2.49. The Hall–Kier alpha value is -1.69. The summed E-state index contributed by atoms with van der Waals surface area (Å²) < 4.78 is 66.7. The van der Waals surface area contributed by atoms with Crippen molar-refractivity contribution in [1.29, 1.82) is 0 Å². The fraction of sp³-hybridized carbons (Fsp3) is 0.545. The van der Waals surface area contributed by atoms with Crippen molar-refractivity contribution in [3.05, 3.63) is 11.3 Å². The van der Waals surface area contributed by atoms with Gasteiger partial charge in [-0.3, -0.25) is 0 Å². The SMILES string of the molecule is C#CCCCCC1=C(OS(=O)(=O)C(F)(F)F)COC1=O. The lowest BCUT2D eigenvalue weighted by Gasteiger charge is -2.10. The lowest BCUT2D eigenvalue weighted by molar-refractivity contribution is -0.136. The molecule has 0 fully saturated rings. The Morgan fingerprint density at radius 3 is 2.55 bits per heavy atom. The fourth-order valence-electron chi connectivity index (χ4n) is 1.44. The quantitative estimate of drug-likeness (QED) is 0.246. The predicted octanol–water partition coefficient (Wildman–Crippen LogP) is 1.86. The van der Waals surface area contributed by atoms with E-state index in [0.29, 0.717) is 19.3 Å². The summed E-state index contributed by atoms with van der Waals surface area (Å²) in [5.41, 5.74) is -5.75. The van der Waals surface area contributed by atoms with E-state index in [-0.39, 0.29) is 12.0 Å². The van der Waals surface area contributed by atoms with Crippen molar-refractivity contribution in [2.24, 2.45) is 0 Å². The zero-order chi connectivity index (χ0) is 15.4. The number of hydrogen-bond donors (Lipinski definition) is 0. The molecular formula is C11H11F3O5S. The smallest absolute Gasteiger partial charge is 0.454 e. The maximum absolute atomic E-state index is 12.2. The molecule has 1 aliphatic rings. The molecule has 1 rings (SSSR count). The van der Waals surface area contributed by atoms with E-state index >= 15 is 0 Å². The molecule has 0 spiro atoms. The molecule has 0 amide bonds. The van der Waals surface area contributed by atoms with Crippen LogP contribution in [0.1, 0.15) is 25.7 Å². The zero-order valence-corrected chi connectivity index (χ0v) is 11.0. The van der Waals surface area contributed by atoms with Gasteiger partial charge in [-0.05, 0) is 19.3 Å². The van der Waals surface area contributed by atoms with E-state index in [1.54, 1.807) is 0 Å². The van der Waals surface area contributed by atoms with Crippen molar-refractivity contribution in [3.63, 3.8) is 0 Å². The molecule has 0 atom stereocenters. The standard InChI is InChI=1S/C11H11F3O5S/c1-2-3-4-5-6-8-9(7-18-10(8)15)19-20(16,17)11(12,13)14/h1H,3-7H2. The predicted molar refractivity (Wildman–Crippen MR) is 61.3 cm³/mol. The average Bonchev–Trinajstić information content (AvgIpc) is 2.64. The van der Waals surface area contributed by atoms with Crippen LogP contribution in [0.15, 0.2) is 11.3 Å². The van der Waals surface area contributed by atoms with Gasteiger partial charge in [-0.25, -0.2) is 4.79 Å². The summed E-state index contributed by atoms with van der Waals surface area (Å²) in [6.07, 6.45) is 6.47. The molecule has 0 saturated carbocycles. The number of cyclic esters (lactones) is 1. The van der Waals surface area contributed by atoms with Gasteiger partial charge in [-0.15, -0.1) is 12.3 Å². The van der Waals surface area contributed by atoms with Gasteiger partial charge in [0.1, 0.15) is 0 Å². The van der Waals surface area contributed by atoms with Gasteiger partial charge in [0.25, 0.3) is 0 Å². The third-order valence-corrected chi connectivity index (χ3v) is 3.40. The maximum Gasteiger partial charge on any atom is 0.534 e. The first-order valence-electron chi connectivity index (χ1n) is 5.52. The molecule has 0 radical (unpaired) electrons. The highest BCUT2D eigenvalue weighted by molar-refractivity contribution is 7.87. The van der Waals surface area contributed by atoms with E-state index in [1.165, 1.54) is 0 Å². The minimum absolute atomic E-state index is 0.0449. The van der Waals surface area contributed by atoms with Gasteiger partial charge in [-0.2, -0.15) is 21.6 Å². The minimum Gasteiger partial charge on any atom is -0.454 e. The highest BCUT2D eigenvalue weighted by Crippen LogP contribution is 2.30. The number of hydrogen-bond acceptors (Lipinski definition) is 5. The molecule has 0 aromatic carbocycles. The summed E-state index contributed by atoms with van der Waals surface area (Å²) in [4.78, 5) is 11.3. The van der Waals surface area contributed by atoms with Crippen LogP contribution in [0.2, 0.25) is 0 Å². The van der Waals surface area contributed by atoms with Crippen LogP contribution in [-0.2, 0) is 23.8 Å². The van der Waals surface area contributed by atoms with Crippen molar-refractivity contribution in [2.75, 3.05) is 6.61 Å². The van der Waals surface area contributed by atoms with Crippen molar-refractivity contribution in [1.82, 2.24) is 0 Å². The number of ether oxygens (including phenoxy) is 1. The van der Waals surface area contributed by atoms with Gasteiger partial charge in [0.2, 0.25) is 0 Å². The Bertz CT molecular complexity index is 554. The number of esters is 1. The average molecular weight is 312 g/mol. The van der Waals surface area contributed by atoms with Crippen molar-refractivity contribution in [2.45, 2.75) is 31.2 Å². The fourth-order valence-corrected chi connectivity index (χ4v) is 1.95. The van der Waals surface area contributed by atoms with Crippen LogP contribution < -0.4 is 0 Å². The summed E-state index contributed by atoms with van der Waals surface area (Å²) in [6.45, 7) is -0.626. The maximum atomic E-state index is 12.2. The summed E-state index contributed by atoms with van der Waals surface area (Å²) in [7, 11) is -5.80. The second kappa shape index (κ2) is 6.17. The third-order valence-electron chi connectivity index (χ3n) is 2.41. The van der Waals surface area contributed by atoms with E-state index in [0.717, 1.165) is 0 Å². The Labute approximate surface area is 113 Å². The molecule has 112 valence electrons. The van der Waals surface area contributed by atoms with E-state index in [1.807, 2.05) is 0 Å². The summed E-state index contributed by atoms with van der Waals surface area (Å²) in [5, 5.41) is 0. The van der Waals surface area contributed by atoms with Gasteiger partial charge in [0, 0.05) is 6.42 Å². The zero-order valence-electron chi connectivity index (χ0n) is 10.2. The van der Waals surface area contributed by atoms with Gasteiger partial charge in [0.05, 0.1) is 5.57 Å². The lowest BCUT2D eigenvalue weighted by atomic mass is 10.1. The largest absolute Gasteiger partial charge is 0.534 e. The molecular weight excluding hydrogens is 301 g/mol. The molecule has 0 aromatic rings. The van der Waals surface area contributed by atoms with E-state index < -0.39 is 34.0 Å². The van der Waals surface area contributed by atoms with E-state index in [2.05, 4.69) is 14.8 Å². The first kappa shape index (κ1) is 16.4. The molecule has 0 N–H and O–H groups in total. The van der Waals surface area contributed by atoms with Crippen LogP contribution in [0.4, 0.5) is 13.2 Å². The second-order valence-electron chi connectivity index (χ2n) is 3.87. The van der Waals surface area contributed by atoms with Crippen molar-refractivity contribution < 1.29 is 35.3 Å². The van der Waals surface area contributed by atoms with Gasteiger partial charge < -0.3 is 8.92 Å². The second-order valence-corrected chi connectivity index (χ2v) is 5.41. The monoisotopic (exact) mass is 312 g/mol. The Kier molecular flexibility index (Phi) is 5.05. The topological polar surface area (TPSA) is 69.7 Å². The number of carbonyl (C=O) groups excluding carboxylic acids is 1. The normalized spacial score (nSPS) is 16.0. The van der Waals surface area contributed by atoms with Crippen LogP contribution in [0, 0.1) is 12.3 Å². The van der Waals surface area contributed by atoms with Crippen LogP contribution in [-0.4, -0.2) is 26.5 Å². The highest BCUT2D eigenvalue weighted by atomic mass is 32.2. The Balaban J connectivity index is 2.82. The summed E-state index contributed by atoms with van der Waals surface area (Å²) in [6, 6.07) is 0. The number of terminal acetylenes is 1. The molecule has 0 unspecified atom stereocenters. The van der Waals surface area contributed by atoms with Crippen LogP contribution in [0.25, 0.3) is 0 Å². The summed E-state index contributed by atoms with van der Waals surface area (Å²) in [5.74, 6) is 0.871. The molecule has 9 heteroatoms.